The van der Waals surface area contributed by atoms with Gasteiger partial charge in [-0.25, -0.2) is 0 Å². The Morgan fingerprint density at radius 1 is 1.04 bits per heavy atom. The van der Waals surface area contributed by atoms with Crippen LogP contribution in [0.1, 0.15) is 26.3 Å². The number of carbonyl (C=O) groups excluding carboxylic acids is 2. The maximum absolute atomic E-state index is 12.2. The number of anilines is 1. The van der Waals surface area contributed by atoms with Crippen LogP contribution in [-0.2, 0) is 4.74 Å². The fourth-order valence-electron chi connectivity index (χ4n) is 2.46. The molecule has 24 heavy (non-hydrogen) atoms. The molecule has 1 N–H and O–H groups in total. The minimum atomic E-state index is -0.295. The lowest BCUT2D eigenvalue weighted by Crippen LogP contribution is -2.33. The molecule has 1 heterocycles. The number of thiocarbonyl (C=S) groups is 1. The number of aryl methyl sites for hydroxylation is 1. The van der Waals surface area contributed by atoms with Crippen LogP contribution in [-0.4, -0.2) is 35.0 Å². The average molecular weight is 340 g/mol. The summed E-state index contributed by atoms with van der Waals surface area (Å²) in [5.74, 6) is -0.590. The molecular formula is C18H16N2O3S. The molecule has 5 nitrogen and oxygen atoms in total. The van der Waals surface area contributed by atoms with Gasteiger partial charge in [0, 0.05) is 5.69 Å². The Kier molecular flexibility index (Phi) is 4.57. The van der Waals surface area contributed by atoms with Gasteiger partial charge >= 0.3 is 0 Å². The highest BCUT2D eigenvalue weighted by molar-refractivity contribution is 7.80. The van der Waals surface area contributed by atoms with Gasteiger partial charge in [-0.2, -0.15) is 0 Å². The van der Waals surface area contributed by atoms with Crippen molar-refractivity contribution in [1.82, 2.24) is 4.90 Å². The van der Waals surface area contributed by atoms with E-state index in [9.17, 15) is 9.59 Å². The fraction of sp³-hybridized carbons (Fsp3) is 0.167. The van der Waals surface area contributed by atoms with E-state index in [0.29, 0.717) is 11.1 Å². The van der Waals surface area contributed by atoms with Gasteiger partial charge in [-0.1, -0.05) is 29.8 Å². The summed E-state index contributed by atoms with van der Waals surface area (Å²) in [7, 11) is 0. The Labute approximate surface area is 145 Å². The number of carbonyl (C=O) groups is 2. The van der Waals surface area contributed by atoms with Crippen molar-refractivity contribution >= 4 is 34.9 Å². The van der Waals surface area contributed by atoms with Crippen molar-refractivity contribution in [1.29, 1.82) is 0 Å². The van der Waals surface area contributed by atoms with Crippen LogP contribution in [0.5, 0.6) is 0 Å². The molecule has 1 aliphatic heterocycles. The average Bonchev–Trinajstić information content (AvgIpc) is 2.82. The number of imide groups is 1. The smallest absolute Gasteiger partial charge is 0.261 e. The van der Waals surface area contributed by atoms with Gasteiger partial charge in [0.2, 0.25) is 0 Å². The molecule has 0 saturated carbocycles. The number of benzene rings is 2. The summed E-state index contributed by atoms with van der Waals surface area (Å²) in [6.45, 7) is 2.30. The molecule has 0 bridgehead atoms. The molecule has 0 saturated heterocycles. The summed E-state index contributed by atoms with van der Waals surface area (Å²) in [6, 6.07) is 14.5. The van der Waals surface area contributed by atoms with E-state index in [1.165, 1.54) is 4.90 Å². The maximum atomic E-state index is 12.2. The summed E-state index contributed by atoms with van der Waals surface area (Å²) in [6.07, 6.45) is 0. The minimum Gasteiger partial charge on any atom is -0.469 e. The summed E-state index contributed by atoms with van der Waals surface area (Å²) >= 11 is 5.12. The second-order valence-corrected chi connectivity index (χ2v) is 5.81. The Bertz CT molecular complexity index is 767. The van der Waals surface area contributed by atoms with Crippen molar-refractivity contribution in [2.24, 2.45) is 0 Å². The van der Waals surface area contributed by atoms with Gasteiger partial charge in [-0.15, -0.1) is 0 Å². The van der Waals surface area contributed by atoms with Crippen LogP contribution in [0.3, 0.4) is 0 Å². The van der Waals surface area contributed by atoms with E-state index in [2.05, 4.69) is 5.32 Å². The molecule has 0 unspecified atom stereocenters. The van der Waals surface area contributed by atoms with E-state index in [4.69, 9.17) is 17.0 Å². The number of hydrogen-bond donors (Lipinski definition) is 1. The van der Waals surface area contributed by atoms with Gasteiger partial charge in [-0.3, -0.25) is 14.5 Å². The predicted molar refractivity (Wildman–Crippen MR) is 95.2 cm³/mol. The Morgan fingerprint density at radius 2 is 1.62 bits per heavy atom. The van der Waals surface area contributed by atoms with Crippen LogP contribution in [0.2, 0.25) is 0 Å². The van der Waals surface area contributed by atoms with Crippen molar-refractivity contribution in [2.75, 3.05) is 18.5 Å². The molecule has 2 amide bonds. The zero-order valence-electron chi connectivity index (χ0n) is 13.1. The van der Waals surface area contributed by atoms with Crippen LogP contribution in [0.4, 0.5) is 5.69 Å². The number of ether oxygens (including phenoxy) is 1. The highest BCUT2D eigenvalue weighted by Gasteiger charge is 2.34. The number of hydrogen-bond acceptors (Lipinski definition) is 4. The third-order valence-corrected chi connectivity index (χ3v) is 3.94. The Hall–Kier alpha value is -2.73. The van der Waals surface area contributed by atoms with Gasteiger partial charge in [0.15, 0.2) is 0 Å². The first-order valence-corrected chi connectivity index (χ1v) is 7.93. The summed E-state index contributed by atoms with van der Waals surface area (Å²) in [5.41, 5.74) is 2.84. The highest BCUT2D eigenvalue weighted by Crippen LogP contribution is 2.21. The van der Waals surface area contributed by atoms with Crippen molar-refractivity contribution in [3.63, 3.8) is 0 Å². The van der Waals surface area contributed by atoms with Crippen LogP contribution in [0.25, 0.3) is 0 Å². The van der Waals surface area contributed by atoms with E-state index >= 15 is 0 Å². The van der Waals surface area contributed by atoms with Crippen molar-refractivity contribution in [2.45, 2.75) is 6.92 Å². The van der Waals surface area contributed by atoms with Crippen molar-refractivity contribution in [3.8, 4) is 0 Å². The van der Waals surface area contributed by atoms with Gasteiger partial charge in [0.1, 0.15) is 6.61 Å². The molecule has 0 spiro atoms. The number of nitrogens with one attached hydrogen (secondary N) is 1. The molecular weight excluding hydrogens is 324 g/mol. The second kappa shape index (κ2) is 6.80. The SMILES string of the molecule is Cc1ccc(NC(=S)OCCN2C(=O)c3ccccc3C2=O)cc1. The first-order chi connectivity index (χ1) is 11.6. The van der Waals surface area contributed by atoms with E-state index in [1.54, 1.807) is 24.3 Å². The van der Waals surface area contributed by atoms with E-state index in [1.807, 2.05) is 31.2 Å². The third kappa shape index (κ3) is 3.28. The first kappa shape index (κ1) is 16.1. The predicted octanol–water partition coefficient (Wildman–Crippen LogP) is 3.00. The van der Waals surface area contributed by atoms with Crippen LogP contribution in [0.15, 0.2) is 48.5 Å². The normalized spacial score (nSPS) is 13.0. The molecule has 0 aromatic heterocycles. The van der Waals surface area contributed by atoms with Gasteiger partial charge in [0.05, 0.1) is 17.7 Å². The van der Waals surface area contributed by atoms with E-state index in [-0.39, 0.29) is 30.1 Å². The summed E-state index contributed by atoms with van der Waals surface area (Å²) in [4.78, 5) is 25.6. The topological polar surface area (TPSA) is 58.6 Å². The molecule has 122 valence electrons. The van der Waals surface area contributed by atoms with Crippen LogP contribution >= 0.6 is 12.2 Å². The molecule has 0 aliphatic carbocycles. The van der Waals surface area contributed by atoms with Crippen LogP contribution in [0, 0.1) is 6.92 Å². The first-order valence-electron chi connectivity index (χ1n) is 7.52. The molecule has 6 heteroatoms. The minimum absolute atomic E-state index is 0.142. The molecule has 3 rings (SSSR count). The summed E-state index contributed by atoms with van der Waals surface area (Å²) < 4.78 is 5.41. The second-order valence-electron chi connectivity index (χ2n) is 5.43. The number of fused-ring (bicyclic) bond motifs is 1. The molecule has 0 radical (unpaired) electrons. The Morgan fingerprint density at radius 3 is 2.21 bits per heavy atom. The van der Waals surface area contributed by atoms with Crippen molar-refractivity contribution in [3.05, 3.63) is 65.2 Å². The standard InChI is InChI=1S/C18H16N2O3S/c1-12-6-8-13(9-7-12)19-18(24)23-11-10-20-16(21)14-4-2-3-5-15(14)17(20)22/h2-9H,10-11H2,1H3,(H,19,24). The lowest BCUT2D eigenvalue weighted by Gasteiger charge is -2.15. The van der Waals surface area contributed by atoms with E-state index in [0.717, 1.165) is 11.3 Å². The van der Waals surface area contributed by atoms with Gasteiger partial charge in [-0.05, 0) is 43.4 Å². The lowest BCUT2D eigenvalue weighted by molar-refractivity contribution is 0.0629. The zero-order valence-corrected chi connectivity index (χ0v) is 13.9. The number of amides is 2. The molecule has 2 aromatic rings. The number of nitrogens with zero attached hydrogens (tertiary/aromatic N) is 1. The monoisotopic (exact) mass is 340 g/mol. The zero-order chi connectivity index (χ0) is 17.1. The van der Waals surface area contributed by atoms with Gasteiger partial charge < -0.3 is 10.1 Å². The highest BCUT2D eigenvalue weighted by atomic mass is 32.1. The molecule has 1 aliphatic rings. The summed E-state index contributed by atoms with van der Waals surface area (Å²) in [5, 5.41) is 3.16. The van der Waals surface area contributed by atoms with Crippen LogP contribution < -0.4 is 5.32 Å². The lowest BCUT2D eigenvalue weighted by atomic mass is 10.1. The largest absolute Gasteiger partial charge is 0.469 e. The Balaban J connectivity index is 1.52. The molecule has 0 atom stereocenters. The number of rotatable bonds is 4. The molecule has 0 fully saturated rings. The van der Waals surface area contributed by atoms with E-state index < -0.39 is 0 Å². The van der Waals surface area contributed by atoms with Crippen molar-refractivity contribution < 1.29 is 14.3 Å². The fourth-order valence-corrected chi connectivity index (χ4v) is 2.66. The van der Waals surface area contributed by atoms with Gasteiger partial charge in [0.25, 0.3) is 17.0 Å². The maximum Gasteiger partial charge on any atom is 0.261 e. The quantitative estimate of drug-likeness (QED) is 0.685. The molecule has 2 aromatic carbocycles. The third-order valence-electron chi connectivity index (χ3n) is 3.72.